The van der Waals surface area contributed by atoms with Crippen LogP contribution in [-0.2, 0) is 12.2 Å². The molecule has 1 aromatic rings. The Bertz CT molecular complexity index is 276. The SMILES string of the molecule is CCc1nc(CSC(C)C(C)O)no1. The van der Waals surface area contributed by atoms with Crippen LogP contribution in [0.2, 0.25) is 0 Å². The minimum absolute atomic E-state index is 0.193. The van der Waals surface area contributed by atoms with Crippen LogP contribution in [0.3, 0.4) is 0 Å². The number of aromatic nitrogens is 2. The summed E-state index contributed by atoms with van der Waals surface area (Å²) >= 11 is 1.63. The Hall–Kier alpha value is -0.550. The van der Waals surface area contributed by atoms with Gasteiger partial charge in [0.05, 0.1) is 11.9 Å². The first kappa shape index (κ1) is 11.5. The molecule has 5 heteroatoms. The number of hydrogen-bond acceptors (Lipinski definition) is 5. The third-order valence-corrected chi connectivity index (χ3v) is 3.31. The van der Waals surface area contributed by atoms with E-state index in [4.69, 9.17) is 4.52 Å². The maximum atomic E-state index is 9.27. The van der Waals surface area contributed by atoms with Crippen LogP contribution in [0, 0.1) is 0 Å². The molecule has 1 N–H and O–H groups in total. The summed E-state index contributed by atoms with van der Waals surface area (Å²) in [5.74, 6) is 2.07. The summed E-state index contributed by atoms with van der Waals surface area (Å²) in [6, 6.07) is 0. The molecule has 1 heterocycles. The average Bonchev–Trinajstić information content (AvgIpc) is 2.61. The normalized spacial score (nSPS) is 15.4. The fourth-order valence-corrected chi connectivity index (χ4v) is 1.65. The number of hydrogen-bond donors (Lipinski definition) is 1. The number of aliphatic hydroxyl groups is 1. The van der Waals surface area contributed by atoms with Gasteiger partial charge in [-0.15, -0.1) is 11.8 Å². The Morgan fingerprint density at radius 3 is 2.71 bits per heavy atom. The molecule has 2 atom stereocenters. The lowest BCUT2D eigenvalue weighted by Gasteiger charge is -2.11. The zero-order valence-electron chi connectivity index (χ0n) is 8.73. The molecule has 0 fully saturated rings. The molecule has 4 nitrogen and oxygen atoms in total. The molecule has 0 radical (unpaired) electrons. The molecule has 0 spiro atoms. The monoisotopic (exact) mass is 216 g/mol. The first-order chi connectivity index (χ1) is 6.63. The summed E-state index contributed by atoms with van der Waals surface area (Å²) < 4.78 is 4.97. The van der Waals surface area contributed by atoms with Gasteiger partial charge < -0.3 is 9.63 Å². The third-order valence-electron chi connectivity index (χ3n) is 1.97. The number of nitrogens with zero attached hydrogens (tertiary/aromatic N) is 2. The fourth-order valence-electron chi connectivity index (χ4n) is 0.838. The van der Waals surface area contributed by atoms with Crippen molar-refractivity contribution < 1.29 is 9.63 Å². The van der Waals surface area contributed by atoms with Gasteiger partial charge in [0.25, 0.3) is 0 Å². The van der Waals surface area contributed by atoms with Crippen molar-refractivity contribution in [3.05, 3.63) is 11.7 Å². The summed E-state index contributed by atoms with van der Waals surface area (Å²) in [5.41, 5.74) is 0. The topological polar surface area (TPSA) is 59.2 Å². The van der Waals surface area contributed by atoms with Crippen LogP contribution in [0.15, 0.2) is 4.52 Å². The second-order valence-electron chi connectivity index (χ2n) is 3.21. The molecule has 2 unspecified atom stereocenters. The van der Waals surface area contributed by atoms with Gasteiger partial charge in [-0.25, -0.2) is 0 Å². The predicted octanol–water partition coefficient (Wildman–Crippen LogP) is 1.63. The Balaban J connectivity index is 2.37. The fraction of sp³-hybridized carbons (Fsp3) is 0.778. The molecule has 0 aromatic carbocycles. The molecule has 14 heavy (non-hydrogen) atoms. The van der Waals surface area contributed by atoms with Gasteiger partial charge in [0.1, 0.15) is 0 Å². The highest BCUT2D eigenvalue weighted by Crippen LogP contribution is 2.18. The summed E-state index contributed by atoms with van der Waals surface area (Å²) in [4.78, 5) is 4.18. The molecule has 1 aromatic heterocycles. The quantitative estimate of drug-likeness (QED) is 0.810. The van der Waals surface area contributed by atoms with E-state index in [0.717, 1.165) is 6.42 Å². The van der Waals surface area contributed by atoms with Gasteiger partial charge in [0.15, 0.2) is 5.82 Å². The maximum Gasteiger partial charge on any atom is 0.226 e. The highest BCUT2D eigenvalue weighted by molar-refractivity contribution is 7.99. The van der Waals surface area contributed by atoms with E-state index in [0.29, 0.717) is 17.5 Å². The zero-order valence-corrected chi connectivity index (χ0v) is 9.54. The Kier molecular flexibility index (Phi) is 4.41. The summed E-state index contributed by atoms with van der Waals surface area (Å²) in [6.07, 6.45) is 0.460. The van der Waals surface area contributed by atoms with Gasteiger partial charge in [-0.1, -0.05) is 19.0 Å². The third kappa shape index (κ3) is 3.31. The van der Waals surface area contributed by atoms with Crippen molar-refractivity contribution in [2.75, 3.05) is 0 Å². The number of aryl methyl sites for hydroxylation is 1. The molecule has 0 saturated carbocycles. The van der Waals surface area contributed by atoms with E-state index in [1.54, 1.807) is 18.7 Å². The van der Waals surface area contributed by atoms with Gasteiger partial charge in [0, 0.05) is 11.7 Å². The van der Waals surface area contributed by atoms with Crippen molar-refractivity contribution in [2.24, 2.45) is 0 Å². The van der Waals surface area contributed by atoms with E-state index in [1.165, 1.54) is 0 Å². The Morgan fingerprint density at radius 1 is 1.50 bits per heavy atom. The molecule has 0 amide bonds. The van der Waals surface area contributed by atoms with Crippen molar-refractivity contribution in [3.8, 4) is 0 Å². The van der Waals surface area contributed by atoms with Crippen molar-refractivity contribution >= 4 is 11.8 Å². The number of thioether (sulfide) groups is 1. The summed E-state index contributed by atoms with van der Waals surface area (Å²) in [7, 11) is 0. The van der Waals surface area contributed by atoms with E-state index < -0.39 is 0 Å². The number of rotatable bonds is 5. The average molecular weight is 216 g/mol. The smallest absolute Gasteiger partial charge is 0.226 e. The Labute approximate surface area is 88.1 Å². The highest BCUT2D eigenvalue weighted by Gasteiger charge is 2.11. The van der Waals surface area contributed by atoms with Crippen LogP contribution in [0.4, 0.5) is 0 Å². The molecule has 0 saturated heterocycles. The van der Waals surface area contributed by atoms with Gasteiger partial charge in [-0.05, 0) is 6.92 Å². The van der Waals surface area contributed by atoms with Crippen LogP contribution in [0.1, 0.15) is 32.5 Å². The molecule has 0 aliphatic rings. The largest absolute Gasteiger partial charge is 0.392 e. The maximum absolute atomic E-state index is 9.27. The van der Waals surface area contributed by atoms with Crippen LogP contribution in [0.25, 0.3) is 0 Å². The predicted molar refractivity (Wildman–Crippen MR) is 56.1 cm³/mol. The van der Waals surface area contributed by atoms with Crippen molar-refractivity contribution in [1.82, 2.24) is 10.1 Å². The van der Waals surface area contributed by atoms with E-state index in [2.05, 4.69) is 10.1 Å². The molecule has 80 valence electrons. The Morgan fingerprint density at radius 2 is 2.21 bits per heavy atom. The lowest BCUT2D eigenvalue weighted by Crippen LogP contribution is -2.15. The highest BCUT2D eigenvalue weighted by atomic mass is 32.2. The summed E-state index contributed by atoms with van der Waals surface area (Å²) in [6.45, 7) is 5.74. The van der Waals surface area contributed by atoms with E-state index in [-0.39, 0.29) is 11.4 Å². The van der Waals surface area contributed by atoms with E-state index in [9.17, 15) is 5.11 Å². The minimum Gasteiger partial charge on any atom is -0.392 e. The van der Waals surface area contributed by atoms with E-state index in [1.807, 2.05) is 13.8 Å². The number of aliphatic hydroxyl groups excluding tert-OH is 1. The van der Waals surface area contributed by atoms with Crippen LogP contribution < -0.4 is 0 Å². The second kappa shape index (κ2) is 5.36. The van der Waals surface area contributed by atoms with E-state index >= 15 is 0 Å². The van der Waals surface area contributed by atoms with Crippen LogP contribution in [0.5, 0.6) is 0 Å². The first-order valence-corrected chi connectivity index (χ1v) is 5.79. The van der Waals surface area contributed by atoms with Gasteiger partial charge in [-0.2, -0.15) is 4.98 Å². The summed E-state index contributed by atoms with van der Waals surface area (Å²) in [5, 5.41) is 13.3. The van der Waals surface area contributed by atoms with Crippen LogP contribution >= 0.6 is 11.8 Å². The van der Waals surface area contributed by atoms with Gasteiger partial charge in [0.2, 0.25) is 5.89 Å². The molecular formula is C9H16N2O2S. The molecular weight excluding hydrogens is 200 g/mol. The lowest BCUT2D eigenvalue weighted by atomic mass is 10.3. The molecule has 1 rings (SSSR count). The van der Waals surface area contributed by atoms with Crippen molar-refractivity contribution in [3.63, 3.8) is 0 Å². The zero-order chi connectivity index (χ0) is 10.6. The minimum atomic E-state index is -0.308. The second-order valence-corrected chi connectivity index (χ2v) is 4.58. The van der Waals surface area contributed by atoms with Gasteiger partial charge in [-0.3, -0.25) is 0 Å². The van der Waals surface area contributed by atoms with Crippen LogP contribution in [-0.4, -0.2) is 26.6 Å². The van der Waals surface area contributed by atoms with Crippen molar-refractivity contribution in [2.45, 2.75) is 44.3 Å². The molecule has 0 aliphatic carbocycles. The lowest BCUT2D eigenvalue weighted by molar-refractivity contribution is 0.196. The molecule has 0 aliphatic heterocycles. The first-order valence-electron chi connectivity index (χ1n) is 4.74. The van der Waals surface area contributed by atoms with Gasteiger partial charge >= 0.3 is 0 Å². The standard InChI is InChI=1S/C9H16N2O2S/c1-4-9-10-8(11-13-9)5-14-7(3)6(2)12/h6-7,12H,4-5H2,1-3H3. The van der Waals surface area contributed by atoms with Crippen molar-refractivity contribution in [1.29, 1.82) is 0 Å². The molecule has 0 bridgehead atoms.